The molecule has 1 aromatic carbocycles. The molecule has 60 valence electrons. The number of aryl methyl sites for hydroxylation is 1. The number of benzene rings is 1. The minimum atomic E-state index is 0.685. The SMILES string of the molecule is Cc1cc(Cl)ccc1N(N)Cl. The van der Waals surface area contributed by atoms with Gasteiger partial charge in [0.2, 0.25) is 0 Å². The highest BCUT2D eigenvalue weighted by atomic mass is 35.5. The second kappa shape index (κ2) is 3.30. The lowest BCUT2D eigenvalue weighted by atomic mass is 10.2. The van der Waals surface area contributed by atoms with E-state index in [0.717, 1.165) is 15.8 Å². The topological polar surface area (TPSA) is 29.3 Å². The first-order chi connectivity index (χ1) is 5.11. The average molecular weight is 191 g/mol. The molecular weight excluding hydrogens is 183 g/mol. The standard InChI is InChI=1S/C7H8Cl2N2/c1-5-4-6(8)2-3-7(5)11(9)10/h2-4H,10H2,1H3. The molecule has 0 amide bonds. The molecule has 0 fully saturated rings. The quantitative estimate of drug-likeness (QED) is 0.419. The van der Waals surface area contributed by atoms with Gasteiger partial charge in [0.25, 0.3) is 0 Å². The molecule has 0 spiro atoms. The molecule has 0 aromatic heterocycles. The molecule has 0 aliphatic heterocycles. The van der Waals surface area contributed by atoms with E-state index in [1.54, 1.807) is 18.2 Å². The molecule has 0 heterocycles. The lowest BCUT2D eigenvalue weighted by Gasteiger charge is -2.11. The summed E-state index contributed by atoms with van der Waals surface area (Å²) in [4.78, 5) is 0. The Morgan fingerprint density at radius 3 is 2.55 bits per heavy atom. The number of nitrogens with two attached hydrogens (primary N) is 1. The minimum absolute atomic E-state index is 0.685. The van der Waals surface area contributed by atoms with Crippen molar-refractivity contribution in [3.63, 3.8) is 0 Å². The number of halogens is 2. The lowest BCUT2D eigenvalue weighted by molar-refractivity contribution is 1.17. The Morgan fingerprint density at radius 1 is 1.45 bits per heavy atom. The molecule has 1 aromatic rings. The van der Waals surface area contributed by atoms with E-state index in [4.69, 9.17) is 29.2 Å². The molecule has 2 nitrogen and oxygen atoms in total. The maximum absolute atomic E-state index is 5.72. The molecule has 0 saturated heterocycles. The van der Waals surface area contributed by atoms with Crippen molar-refractivity contribution in [2.45, 2.75) is 6.92 Å². The fraction of sp³-hybridized carbons (Fsp3) is 0.143. The van der Waals surface area contributed by atoms with Crippen LogP contribution >= 0.6 is 23.4 Å². The Balaban J connectivity index is 3.09. The highest BCUT2D eigenvalue weighted by Gasteiger charge is 2.01. The van der Waals surface area contributed by atoms with Crippen LogP contribution in [0.25, 0.3) is 0 Å². The molecule has 11 heavy (non-hydrogen) atoms. The van der Waals surface area contributed by atoms with Crippen molar-refractivity contribution < 1.29 is 0 Å². The van der Waals surface area contributed by atoms with Crippen molar-refractivity contribution in [3.05, 3.63) is 28.8 Å². The number of rotatable bonds is 1. The Kier molecular flexibility index (Phi) is 2.60. The van der Waals surface area contributed by atoms with Crippen LogP contribution in [0.2, 0.25) is 5.02 Å². The first-order valence-electron chi connectivity index (χ1n) is 3.08. The highest BCUT2D eigenvalue weighted by Crippen LogP contribution is 2.22. The molecule has 0 radical (unpaired) electrons. The molecular formula is C7H8Cl2N2. The Labute approximate surface area is 75.6 Å². The van der Waals surface area contributed by atoms with E-state index < -0.39 is 0 Å². The van der Waals surface area contributed by atoms with Gasteiger partial charge in [-0.1, -0.05) is 11.6 Å². The monoisotopic (exact) mass is 190 g/mol. The second-order valence-corrected chi connectivity index (χ2v) is 3.04. The second-order valence-electron chi connectivity index (χ2n) is 2.24. The van der Waals surface area contributed by atoms with E-state index in [2.05, 4.69) is 0 Å². The van der Waals surface area contributed by atoms with E-state index >= 15 is 0 Å². The minimum Gasteiger partial charge on any atom is -0.232 e. The third-order valence-corrected chi connectivity index (χ3v) is 1.81. The zero-order valence-corrected chi connectivity index (χ0v) is 7.52. The lowest BCUT2D eigenvalue weighted by Crippen LogP contribution is -2.19. The van der Waals surface area contributed by atoms with E-state index in [-0.39, 0.29) is 0 Å². The van der Waals surface area contributed by atoms with Gasteiger partial charge in [-0.2, -0.15) is 0 Å². The van der Waals surface area contributed by atoms with Gasteiger partial charge in [-0.3, -0.25) is 0 Å². The first-order valence-corrected chi connectivity index (χ1v) is 3.79. The smallest absolute Gasteiger partial charge is 0.0733 e. The maximum Gasteiger partial charge on any atom is 0.0733 e. The molecule has 0 aliphatic rings. The zero-order valence-electron chi connectivity index (χ0n) is 6.01. The number of hydrazine groups is 1. The van der Waals surface area contributed by atoms with Gasteiger partial charge < -0.3 is 0 Å². The molecule has 1 rings (SSSR count). The summed E-state index contributed by atoms with van der Waals surface area (Å²) in [5.74, 6) is 5.32. The highest BCUT2D eigenvalue weighted by molar-refractivity contribution is 6.31. The van der Waals surface area contributed by atoms with Gasteiger partial charge >= 0.3 is 0 Å². The van der Waals surface area contributed by atoms with E-state index in [9.17, 15) is 0 Å². The molecule has 0 saturated carbocycles. The summed E-state index contributed by atoms with van der Waals surface area (Å²) in [7, 11) is 0. The van der Waals surface area contributed by atoms with Crippen molar-refractivity contribution >= 4 is 29.1 Å². The van der Waals surface area contributed by atoms with Gasteiger partial charge in [-0.15, -0.1) is 0 Å². The molecule has 0 unspecified atom stereocenters. The Bertz CT molecular complexity index is 261. The normalized spacial score (nSPS) is 9.82. The van der Waals surface area contributed by atoms with Crippen LogP contribution in [0.5, 0.6) is 0 Å². The maximum atomic E-state index is 5.72. The zero-order chi connectivity index (χ0) is 8.43. The average Bonchev–Trinajstić information content (AvgIpc) is 1.85. The molecule has 4 heteroatoms. The fourth-order valence-electron chi connectivity index (χ4n) is 0.859. The molecule has 0 atom stereocenters. The van der Waals surface area contributed by atoms with Crippen molar-refractivity contribution in [2.24, 2.45) is 5.84 Å². The summed E-state index contributed by atoms with van der Waals surface area (Å²) in [6.07, 6.45) is 0. The van der Waals surface area contributed by atoms with Gasteiger partial charge in [0.1, 0.15) is 0 Å². The summed E-state index contributed by atoms with van der Waals surface area (Å²) in [6, 6.07) is 5.32. The largest absolute Gasteiger partial charge is 0.232 e. The van der Waals surface area contributed by atoms with Crippen LogP contribution in [0.3, 0.4) is 0 Å². The fourth-order valence-corrected chi connectivity index (χ4v) is 1.27. The van der Waals surface area contributed by atoms with E-state index in [0.29, 0.717) is 5.02 Å². The third-order valence-electron chi connectivity index (χ3n) is 1.39. The van der Waals surface area contributed by atoms with Gasteiger partial charge in [0, 0.05) is 16.8 Å². The summed E-state index contributed by atoms with van der Waals surface area (Å²) in [6.45, 7) is 1.89. The van der Waals surface area contributed by atoms with Gasteiger partial charge in [-0.25, -0.2) is 10.4 Å². The van der Waals surface area contributed by atoms with Gasteiger partial charge in [-0.05, 0) is 30.7 Å². The van der Waals surface area contributed by atoms with Crippen LogP contribution in [0.1, 0.15) is 5.56 Å². The predicted octanol–water partition coefficient (Wildman–Crippen LogP) is 2.48. The van der Waals surface area contributed by atoms with Crippen molar-refractivity contribution in [3.8, 4) is 0 Å². The molecule has 0 bridgehead atoms. The van der Waals surface area contributed by atoms with Crippen molar-refractivity contribution in [1.29, 1.82) is 0 Å². The van der Waals surface area contributed by atoms with Gasteiger partial charge in [0.15, 0.2) is 0 Å². The first kappa shape index (κ1) is 8.65. The molecule has 2 N–H and O–H groups in total. The Hall–Kier alpha value is -0.440. The number of hydrogen-bond donors (Lipinski definition) is 1. The van der Waals surface area contributed by atoms with Crippen LogP contribution in [0, 0.1) is 6.92 Å². The van der Waals surface area contributed by atoms with Crippen LogP contribution in [-0.2, 0) is 0 Å². The summed E-state index contributed by atoms with van der Waals surface area (Å²) < 4.78 is 1.05. The van der Waals surface area contributed by atoms with E-state index in [1.165, 1.54) is 0 Å². The van der Waals surface area contributed by atoms with Crippen LogP contribution in [0.4, 0.5) is 5.69 Å². The van der Waals surface area contributed by atoms with Crippen molar-refractivity contribution in [2.75, 3.05) is 4.53 Å². The molecule has 0 aliphatic carbocycles. The van der Waals surface area contributed by atoms with E-state index in [1.807, 2.05) is 6.92 Å². The summed E-state index contributed by atoms with van der Waals surface area (Å²) in [5, 5.41) is 0.685. The number of nitrogens with zero attached hydrogens (tertiary/aromatic N) is 1. The Morgan fingerprint density at radius 2 is 2.09 bits per heavy atom. The van der Waals surface area contributed by atoms with Crippen LogP contribution < -0.4 is 10.4 Å². The summed E-state index contributed by atoms with van der Waals surface area (Å²) >= 11 is 11.2. The predicted molar refractivity (Wildman–Crippen MR) is 48.7 cm³/mol. The summed E-state index contributed by atoms with van der Waals surface area (Å²) in [5.41, 5.74) is 1.71. The number of hydrogen-bond acceptors (Lipinski definition) is 2. The number of anilines is 1. The van der Waals surface area contributed by atoms with Crippen LogP contribution in [-0.4, -0.2) is 0 Å². The van der Waals surface area contributed by atoms with Crippen molar-refractivity contribution in [1.82, 2.24) is 0 Å². The van der Waals surface area contributed by atoms with Crippen LogP contribution in [0.15, 0.2) is 18.2 Å². The van der Waals surface area contributed by atoms with Gasteiger partial charge in [0.05, 0.1) is 5.69 Å². The third kappa shape index (κ3) is 1.99.